The van der Waals surface area contributed by atoms with Crippen LogP contribution in [0.2, 0.25) is 0 Å². The molecule has 4 heteroatoms. The maximum absolute atomic E-state index is 9.18. The Kier molecular flexibility index (Phi) is 4.46. The van der Waals surface area contributed by atoms with E-state index >= 15 is 0 Å². The van der Waals surface area contributed by atoms with Crippen LogP contribution >= 0.6 is 11.6 Å². The summed E-state index contributed by atoms with van der Waals surface area (Å²) in [5, 5.41) is 9.18. The van der Waals surface area contributed by atoms with Gasteiger partial charge in [-0.1, -0.05) is 0 Å². The van der Waals surface area contributed by atoms with Crippen LogP contribution in [-0.2, 0) is 9.47 Å². The van der Waals surface area contributed by atoms with E-state index in [9.17, 15) is 5.11 Å². The van der Waals surface area contributed by atoms with Gasteiger partial charge in [0.2, 0.25) is 0 Å². The SMILES string of the molecule is CC1(C(CO)CCCCl)OCCO1. The van der Waals surface area contributed by atoms with Gasteiger partial charge in [0, 0.05) is 11.8 Å². The molecule has 0 saturated carbocycles. The second kappa shape index (κ2) is 5.15. The van der Waals surface area contributed by atoms with Crippen LogP contribution in [0.5, 0.6) is 0 Å². The summed E-state index contributed by atoms with van der Waals surface area (Å²) in [6, 6.07) is 0. The number of alkyl halides is 1. The van der Waals surface area contributed by atoms with Crippen LogP contribution in [0.1, 0.15) is 19.8 Å². The number of aliphatic hydroxyl groups excluding tert-OH is 1. The van der Waals surface area contributed by atoms with E-state index in [1.165, 1.54) is 0 Å². The minimum atomic E-state index is -0.596. The summed E-state index contributed by atoms with van der Waals surface area (Å²) in [7, 11) is 0. The highest BCUT2D eigenvalue weighted by Crippen LogP contribution is 2.30. The first-order chi connectivity index (χ1) is 6.23. The molecule has 1 fully saturated rings. The zero-order valence-electron chi connectivity index (χ0n) is 7.96. The Morgan fingerprint density at radius 1 is 1.46 bits per heavy atom. The first kappa shape index (κ1) is 11.2. The number of halogens is 1. The lowest BCUT2D eigenvalue weighted by atomic mass is 9.96. The van der Waals surface area contributed by atoms with Gasteiger partial charge in [0.25, 0.3) is 0 Å². The predicted octanol–water partition coefficient (Wildman–Crippen LogP) is 1.38. The third-order valence-corrected chi connectivity index (χ3v) is 2.78. The molecule has 0 bridgehead atoms. The number of ether oxygens (including phenoxy) is 2. The summed E-state index contributed by atoms with van der Waals surface area (Å²) in [5.74, 6) is 0.0571. The average molecular weight is 209 g/mol. The van der Waals surface area contributed by atoms with Crippen LogP contribution in [-0.4, -0.2) is 36.6 Å². The van der Waals surface area contributed by atoms with Gasteiger partial charge >= 0.3 is 0 Å². The van der Waals surface area contributed by atoms with Crippen molar-refractivity contribution in [1.29, 1.82) is 0 Å². The van der Waals surface area contributed by atoms with E-state index in [-0.39, 0.29) is 12.5 Å². The van der Waals surface area contributed by atoms with Crippen molar-refractivity contribution in [2.45, 2.75) is 25.6 Å². The van der Waals surface area contributed by atoms with E-state index in [4.69, 9.17) is 21.1 Å². The standard InChI is InChI=1S/C9H17ClO3/c1-9(12-5-6-13-9)8(7-11)3-2-4-10/h8,11H,2-7H2,1H3. The van der Waals surface area contributed by atoms with Crippen molar-refractivity contribution in [2.75, 3.05) is 25.7 Å². The zero-order chi connectivity index (χ0) is 9.73. The molecule has 3 nitrogen and oxygen atoms in total. The molecule has 0 spiro atoms. The minimum absolute atomic E-state index is 0.0359. The zero-order valence-corrected chi connectivity index (χ0v) is 8.72. The topological polar surface area (TPSA) is 38.7 Å². The average Bonchev–Trinajstić information content (AvgIpc) is 2.54. The Labute approximate surface area is 84.0 Å². The molecular formula is C9H17ClO3. The number of hydrogen-bond donors (Lipinski definition) is 1. The van der Waals surface area contributed by atoms with Crippen LogP contribution < -0.4 is 0 Å². The second-order valence-corrected chi connectivity index (χ2v) is 3.80. The smallest absolute Gasteiger partial charge is 0.170 e. The highest BCUT2D eigenvalue weighted by Gasteiger charge is 2.38. The van der Waals surface area contributed by atoms with Crippen LogP contribution in [0, 0.1) is 5.92 Å². The lowest BCUT2D eigenvalue weighted by Crippen LogP contribution is -2.38. The van der Waals surface area contributed by atoms with E-state index in [1.54, 1.807) is 0 Å². The van der Waals surface area contributed by atoms with Crippen molar-refractivity contribution in [3.63, 3.8) is 0 Å². The van der Waals surface area contributed by atoms with Crippen molar-refractivity contribution in [1.82, 2.24) is 0 Å². The lowest BCUT2D eigenvalue weighted by Gasteiger charge is -2.30. The van der Waals surface area contributed by atoms with E-state index < -0.39 is 5.79 Å². The van der Waals surface area contributed by atoms with Gasteiger partial charge in [0.15, 0.2) is 5.79 Å². The largest absolute Gasteiger partial charge is 0.396 e. The van der Waals surface area contributed by atoms with Gasteiger partial charge in [0.1, 0.15) is 0 Å². The highest BCUT2D eigenvalue weighted by molar-refractivity contribution is 6.17. The number of hydrogen-bond acceptors (Lipinski definition) is 3. The molecule has 1 unspecified atom stereocenters. The Morgan fingerprint density at radius 3 is 2.54 bits per heavy atom. The van der Waals surface area contributed by atoms with Gasteiger partial charge in [-0.25, -0.2) is 0 Å². The fourth-order valence-corrected chi connectivity index (χ4v) is 1.76. The third-order valence-electron chi connectivity index (χ3n) is 2.51. The fourth-order valence-electron chi connectivity index (χ4n) is 1.61. The summed E-state index contributed by atoms with van der Waals surface area (Å²) >= 11 is 5.59. The normalized spacial score (nSPS) is 23.3. The first-order valence-electron chi connectivity index (χ1n) is 4.67. The van der Waals surface area contributed by atoms with Gasteiger partial charge < -0.3 is 14.6 Å². The summed E-state index contributed by atoms with van der Waals surface area (Å²) in [4.78, 5) is 0. The second-order valence-electron chi connectivity index (χ2n) is 3.42. The van der Waals surface area contributed by atoms with Gasteiger partial charge in [-0.2, -0.15) is 0 Å². The van der Waals surface area contributed by atoms with Crippen molar-refractivity contribution in [3.05, 3.63) is 0 Å². The highest BCUT2D eigenvalue weighted by atomic mass is 35.5. The Balaban J connectivity index is 2.43. The molecular weight excluding hydrogens is 192 g/mol. The summed E-state index contributed by atoms with van der Waals surface area (Å²) in [5.41, 5.74) is 0. The number of aliphatic hydroxyl groups is 1. The van der Waals surface area contributed by atoms with E-state index in [2.05, 4.69) is 0 Å². The minimum Gasteiger partial charge on any atom is -0.396 e. The van der Waals surface area contributed by atoms with Gasteiger partial charge in [-0.05, 0) is 19.8 Å². The van der Waals surface area contributed by atoms with Crippen molar-refractivity contribution < 1.29 is 14.6 Å². The summed E-state index contributed by atoms with van der Waals surface area (Å²) < 4.78 is 10.9. The maximum Gasteiger partial charge on any atom is 0.170 e. The van der Waals surface area contributed by atoms with Crippen molar-refractivity contribution >= 4 is 11.6 Å². The molecule has 0 aliphatic carbocycles. The quantitative estimate of drug-likeness (QED) is 0.694. The Bertz CT molecular complexity index is 146. The molecule has 1 saturated heterocycles. The fraction of sp³-hybridized carbons (Fsp3) is 1.00. The molecule has 1 heterocycles. The maximum atomic E-state index is 9.18. The molecule has 1 aliphatic heterocycles. The van der Waals surface area contributed by atoms with Gasteiger partial charge in [-0.3, -0.25) is 0 Å². The molecule has 1 atom stereocenters. The van der Waals surface area contributed by atoms with Crippen LogP contribution in [0.4, 0.5) is 0 Å². The van der Waals surface area contributed by atoms with Gasteiger partial charge in [-0.15, -0.1) is 11.6 Å². The predicted molar refractivity (Wildman–Crippen MR) is 50.8 cm³/mol. The lowest BCUT2D eigenvalue weighted by molar-refractivity contribution is -0.190. The number of rotatable bonds is 5. The van der Waals surface area contributed by atoms with E-state index in [0.717, 1.165) is 12.8 Å². The molecule has 0 aromatic carbocycles. The molecule has 0 aromatic heterocycles. The molecule has 0 radical (unpaired) electrons. The molecule has 0 amide bonds. The molecule has 78 valence electrons. The Morgan fingerprint density at radius 2 is 2.08 bits per heavy atom. The van der Waals surface area contributed by atoms with Gasteiger partial charge in [0.05, 0.1) is 19.8 Å². The first-order valence-corrected chi connectivity index (χ1v) is 5.21. The molecule has 13 heavy (non-hydrogen) atoms. The molecule has 1 aliphatic rings. The molecule has 1 rings (SSSR count). The summed E-state index contributed by atoms with van der Waals surface area (Å²) in [6.45, 7) is 3.21. The van der Waals surface area contributed by atoms with Crippen LogP contribution in [0.25, 0.3) is 0 Å². The Hall–Kier alpha value is 0.170. The van der Waals surface area contributed by atoms with Crippen LogP contribution in [0.3, 0.4) is 0 Å². The monoisotopic (exact) mass is 208 g/mol. The molecule has 1 N–H and O–H groups in total. The molecule has 0 aromatic rings. The van der Waals surface area contributed by atoms with Crippen molar-refractivity contribution in [2.24, 2.45) is 5.92 Å². The third kappa shape index (κ3) is 2.81. The van der Waals surface area contributed by atoms with E-state index in [0.29, 0.717) is 19.1 Å². The van der Waals surface area contributed by atoms with E-state index in [1.807, 2.05) is 6.92 Å². The van der Waals surface area contributed by atoms with Crippen LogP contribution in [0.15, 0.2) is 0 Å². The van der Waals surface area contributed by atoms with Crippen molar-refractivity contribution in [3.8, 4) is 0 Å². The summed E-state index contributed by atoms with van der Waals surface area (Å²) in [6.07, 6.45) is 1.73.